The third kappa shape index (κ3) is 3.00. The van der Waals surface area contributed by atoms with E-state index < -0.39 is 29.8 Å². The van der Waals surface area contributed by atoms with Crippen molar-refractivity contribution in [3.05, 3.63) is 30.1 Å². The summed E-state index contributed by atoms with van der Waals surface area (Å²) >= 11 is 0. The van der Waals surface area contributed by atoms with Crippen LogP contribution in [0.3, 0.4) is 0 Å². The van der Waals surface area contributed by atoms with E-state index in [0.29, 0.717) is 5.69 Å². The molecule has 0 aromatic heterocycles. The minimum Gasteiger partial charge on any atom is -0.465 e. The first-order valence-electron chi connectivity index (χ1n) is 5.77. The standard InChI is InChI=1S/C12H14FN3O3/c13-7-2-1-3-8(4-7)15-11(17)9-5-16(12(18)19)6-10(9)14/h1-4,9-10H,5-6,14H2,(H,15,17)(H,18,19). The fourth-order valence-corrected chi connectivity index (χ4v) is 2.06. The van der Waals surface area contributed by atoms with Gasteiger partial charge in [0.2, 0.25) is 5.91 Å². The lowest BCUT2D eigenvalue weighted by atomic mass is 10.0. The molecule has 0 bridgehead atoms. The minimum atomic E-state index is -1.10. The molecule has 6 nitrogen and oxygen atoms in total. The molecule has 1 saturated heterocycles. The van der Waals surface area contributed by atoms with Crippen LogP contribution in [0.5, 0.6) is 0 Å². The first kappa shape index (κ1) is 13.3. The number of amides is 2. The van der Waals surface area contributed by atoms with Gasteiger partial charge in [-0.2, -0.15) is 0 Å². The molecule has 1 aromatic carbocycles. The van der Waals surface area contributed by atoms with Gasteiger partial charge in [-0.25, -0.2) is 9.18 Å². The molecule has 1 aliphatic rings. The van der Waals surface area contributed by atoms with Crippen LogP contribution in [0.4, 0.5) is 14.9 Å². The summed E-state index contributed by atoms with van der Waals surface area (Å²) in [6, 6.07) is 4.93. The summed E-state index contributed by atoms with van der Waals surface area (Å²) in [6.45, 7) is 0.175. The van der Waals surface area contributed by atoms with Crippen LogP contribution in [0, 0.1) is 11.7 Å². The SMILES string of the molecule is NC1CN(C(=O)O)CC1C(=O)Nc1cccc(F)c1. The van der Waals surface area contributed by atoms with E-state index in [0.717, 1.165) is 4.90 Å². The highest BCUT2D eigenvalue weighted by Crippen LogP contribution is 2.18. The van der Waals surface area contributed by atoms with Crippen molar-refractivity contribution in [3.63, 3.8) is 0 Å². The lowest BCUT2D eigenvalue weighted by molar-refractivity contribution is -0.119. The number of nitrogens with two attached hydrogens (primary N) is 1. The van der Waals surface area contributed by atoms with Gasteiger partial charge >= 0.3 is 6.09 Å². The van der Waals surface area contributed by atoms with E-state index in [1.54, 1.807) is 6.07 Å². The van der Waals surface area contributed by atoms with Crippen LogP contribution in [0.1, 0.15) is 0 Å². The van der Waals surface area contributed by atoms with Gasteiger partial charge in [-0.3, -0.25) is 4.79 Å². The normalized spacial score (nSPS) is 22.3. The largest absolute Gasteiger partial charge is 0.465 e. The van der Waals surface area contributed by atoms with E-state index in [1.807, 2.05) is 0 Å². The smallest absolute Gasteiger partial charge is 0.407 e. The number of anilines is 1. The number of carboxylic acid groups (broad SMARTS) is 1. The average molecular weight is 267 g/mol. The molecule has 1 fully saturated rings. The van der Waals surface area contributed by atoms with Crippen LogP contribution < -0.4 is 11.1 Å². The topological polar surface area (TPSA) is 95.7 Å². The summed E-state index contributed by atoms with van der Waals surface area (Å²) in [5.74, 6) is -1.48. The molecule has 2 rings (SSSR count). The molecule has 4 N–H and O–H groups in total. The van der Waals surface area contributed by atoms with Crippen molar-refractivity contribution in [1.82, 2.24) is 4.90 Å². The van der Waals surface area contributed by atoms with Gasteiger partial charge in [-0.05, 0) is 18.2 Å². The lowest BCUT2D eigenvalue weighted by Gasteiger charge is -2.14. The summed E-state index contributed by atoms with van der Waals surface area (Å²) in [7, 11) is 0. The summed E-state index contributed by atoms with van der Waals surface area (Å²) in [5, 5.41) is 11.4. The molecule has 7 heteroatoms. The summed E-state index contributed by atoms with van der Waals surface area (Å²) < 4.78 is 13.0. The monoisotopic (exact) mass is 267 g/mol. The predicted molar refractivity (Wildman–Crippen MR) is 66.1 cm³/mol. The van der Waals surface area contributed by atoms with Crippen molar-refractivity contribution in [2.45, 2.75) is 6.04 Å². The molecular weight excluding hydrogens is 253 g/mol. The number of nitrogens with zero attached hydrogens (tertiary/aromatic N) is 1. The van der Waals surface area contributed by atoms with Crippen molar-refractivity contribution >= 4 is 17.7 Å². The van der Waals surface area contributed by atoms with Gasteiger partial charge < -0.3 is 21.1 Å². The van der Waals surface area contributed by atoms with Crippen molar-refractivity contribution < 1.29 is 19.1 Å². The Hall–Kier alpha value is -2.15. The lowest BCUT2D eigenvalue weighted by Crippen LogP contribution is -2.37. The van der Waals surface area contributed by atoms with Gasteiger partial charge in [0.05, 0.1) is 5.92 Å². The van der Waals surface area contributed by atoms with Crippen LogP contribution in [-0.4, -0.2) is 41.1 Å². The number of likely N-dealkylation sites (tertiary alicyclic amines) is 1. The molecule has 0 spiro atoms. The average Bonchev–Trinajstić information content (AvgIpc) is 2.71. The van der Waals surface area contributed by atoms with E-state index in [1.165, 1.54) is 18.2 Å². The fourth-order valence-electron chi connectivity index (χ4n) is 2.06. The van der Waals surface area contributed by atoms with E-state index in [2.05, 4.69) is 5.32 Å². The van der Waals surface area contributed by atoms with E-state index >= 15 is 0 Å². The molecule has 1 aromatic rings. The van der Waals surface area contributed by atoms with Gasteiger partial charge in [0.1, 0.15) is 5.82 Å². The van der Waals surface area contributed by atoms with Crippen LogP contribution in [-0.2, 0) is 4.79 Å². The van der Waals surface area contributed by atoms with Crippen molar-refractivity contribution in [1.29, 1.82) is 0 Å². The third-order valence-electron chi connectivity index (χ3n) is 3.06. The maximum absolute atomic E-state index is 13.0. The number of rotatable bonds is 2. The molecular formula is C12H14FN3O3. The highest BCUT2D eigenvalue weighted by atomic mass is 19.1. The zero-order valence-electron chi connectivity index (χ0n) is 10.0. The van der Waals surface area contributed by atoms with Gasteiger partial charge in [0.15, 0.2) is 0 Å². The number of carbonyl (C=O) groups excluding carboxylic acids is 1. The van der Waals surface area contributed by atoms with Crippen molar-refractivity contribution in [2.75, 3.05) is 18.4 Å². The summed E-state index contributed by atoms with van der Waals surface area (Å²) in [6.07, 6.45) is -1.10. The molecule has 0 radical (unpaired) electrons. The van der Waals surface area contributed by atoms with Gasteiger partial charge in [-0.1, -0.05) is 6.07 Å². The zero-order chi connectivity index (χ0) is 14.0. The van der Waals surface area contributed by atoms with E-state index in [4.69, 9.17) is 10.8 Å². The number of nitrogens with one attached hydrogen (secondary N) is 1. The first-order chi connectivity index (χ1) is 8.97. The second-order valence-electron chi connectivity index (χ2n) is 4.46. The maximum atomic E-state index is 13.0. The molecule has 102 valence electrons. The molecule has 0 aliphatic carbocycles. The molecule has 2 amide bonds. The Labute approximate surface area is 109 Å². The quantitative estimate of drug-likeness (QED) is 0.735. The Balaban J connectivity index is 2.02. The fraction of sp³-hybridized carbons (Fsp3) is 0.333. The van der Waals surface area contributed by atoms with E-state index in [-0.39, 0.29) is 13.1 Å². The predicted octanol–water partition coefficient (Wildman–Crippen LogP) is 0.701. The molecule has 1 heterocycles. The van der Waals surface area contributed by atoms with Crippen LogP contribution in [0.15, 0.2) is 24.3 Å². The second kappa shape index (κ2) is 5.23. The Bertz CT molecular complexity index is 509. The number of carbonyl (C=O) groups is 2. The minimum absolute atomic E-state index is 0.0532. The van der Waals surface area contributed by atoms with Crippen LogP contribution in [0.25, 0.3) is 0 Å². The summed E-state index contributed by atoms with van der Waals surface area (Å²) in [5.41, 5.74) is 6.08. The summed E-state index contributed by atoms with van der Waals surface area (Å²) in [4.78, 5) is 23.9. The molecule has 19 heavy (non-hydrogen) atoms. The van der Waals surface area contributed by atoms with Crippen LogP contribution in [0.2, 0.25) is 0 Å². The molecule has 1 aliphatic heterocycles. The molecule has 2 atom stereocenters. The third-order valence-corrected chi connectivity index (χ3v) is 3.06. The van der Waals surface area contributed by atoms with Gasteiger partial charge in [0, 0.05) is 24.8 Å². The number of hydrogen-bond acceptors (Lipinski definition) is 3. The highest BCUT2D eigenvalue weighted by Gasteiger charge is 2.37. The molecule has 0 saturated carbocycles. The highest BCUT2D eigenvalue weighted by molar-refractivity contribution is 5.93. The van der Waals surface area contributed by atoms with Gasteiger partial charge in [-0.15, -0.1) is 0 Å². The Morgan fingerprint density at radius 3 is 2.74 bits per heavy atom. The number of benzene rings is 1. The number of halogens is 1. The van der Waals surface area contributed by atoms with Crippen molar-refractivity contribution in [3.8, 4) is 0 Å². The van der Waals surface area contributed by atoms with E-state index in [9.17, 15) is 14.0 Å². The number of hydrogen-bond donors (Lipinski definition) is 3. The Morgan fingerprint density at radius 1 is 1.42 bits per heavy atom. The Morgan fingerprint density at radius 2 is 2.16 bits per heavy atom. The van der Waals surface area contributed by atoms with Crippen molar-refractivity contribution in [2.24, 2.45) is 11.7 Å². The molecule has 2 unspecified atom stereocenters. The Kier molecular flexibility index (Phi) is 3.66. The second-order valence-corrected chi connectivity index (χ2v) is 4.46. The van der Waals surface area contributed by atoms with Gasteiger partial charge in [0.25, 0.3) is 0 Å². The first-order valence-corrected chi connectivity index (χ1v) is 5.77. The zero-order valence-corrected chi connectivity index (χ0v) is 10.0. The van der Waals surface area contributed by atoms with Crippen LogP contribution >= 0.6 is 0 Å². The maximum Gasteiger partial charge on any atom is 0.407 e.